The summed E-state index contributed by atoms with van der Waals surface area (Å²) in [6, 6.07) is 9.18. The van der Waals surface area contributed by atoms with E-state index >= 15 is 0 Å². The van der Waals surface area contributed by atoms with Gasteiger partial charge >= 0.3 is 0 Å². The average molecular weight is 256 g/mol. The molecule has 0 bridgehead atoms. The minimum Gasteiger partial charge on any atom is -0.347 e. The molecule has 0 saturated carbocycles. The SMILES string of the molecule is Cc1ccnc(N/C=C/C(=O)c2ccc(F)cc2)c1. The fraction of sp³-hybridized carbons (Fsp3) is 0.0667. The lowest BCUT2D eigenvalue weighted by molar-refractivity contribution is 0.104. The minimum absolute atomic E-state index is 0.194. The van der Waals surface area contributed by atoms with Crippen LogP contribution in [0.25, 0.3) is 0 Å². The maximum atomic E-state index is 12.7. The molecule has 96 valence electrons. The molecule has 0 amide bonds. The van der Waals surface area contributed by atoms with E-state index in [2.05, 4.69) is 10.3 Å². The van der Waals surface area contributed by atoms with Crippen LogP contribution in [0.3, 0.4) is 0 Å². The van der Waals surface area contributed by atoms with Crippen LogP contribution < -0.4 is 5.32 Å². The average Bonchev–Trinajstić information content (AvgIpc) is 2.39. The lowest BCUT2D eigenvalue weighted by atomic mass is 10.1. The number of aryl methyl sites for hydroxylation is 1. The lowest BCUT2D eigenvalue weighted by Gasteiger charge is -2.00. The summed E-state index contributed by atoms with van der Waals surface area (Å²) in [5.74, 6) is 0.117. The Hall–Kier alpha value is -2.49. The minimum atomic E-state index is -0.359. The molecule has 4 heteroatoms. The number of hydrogen-bond donors (Lipinski definition) is 1. The van der Waals surface area contributed by atoms with Crippen LogP contribution >= 0.6 is 0 Å². The van der Waals surface area contributed by atoms with Crippen molar-refractivity contribution in [3.63, 3.8) is 0 Å². The first-order chi connectivity index (χ1) is 9.15. The molecule has 0 saturated heterocycles. The van der Waals surface area contributed by atoms with E-state index in [-0.39, 0.29) is 11.6 Å². The van der Waals surface area contributed by atoms with Crippen molar-refractivity contribution in [1.29, 1.82) is 0 Å². The Morgan fingerprint density at radius 1 is 1.26 bits per heavy atom. The van der Waals surface area contributed by atoms with Gasteiger partial charge in [-0.3, -0.25) is 4.79 Å². The van der Waals surface area contributed by atoms with Gasteiger partial charge in [-0.25, -0.2) is 9.37 Å². The predicted octanol–water partition coefficient (Wildman–Crippen LogP) is 3.34. The number of nitrogens with zero attached hydrogens (tertiary/aromatic N) is 1. The Kier molecular flexibility index (Phi) is 4.03. The van der Waals surface area contributed by atoms with Crippen molar-refractivity contribution in [2.45, 2.75) is 6.92 Å². The summed E-state index contributed by atoms with van der Waals surface area (Å²) >= 11 is 0. The Balaban J connectivity index is 1.99. The van der Waals surface area contributed by atoms with E-state index in [9.17, 15) is 9.18 Å². The Morgan fingerprint density at radius 2 is 2.00 bits per heavy atom. The number of allylic oxidation sites excluding steroid dienone is 1. The van der Waals surface area contributed by atoms with Crippen molar-refractivity contribution in [3.05, 3.63) is 71.8 Å². The van der Waals surface area contributed by atoms with E-state index < -0.39 is 0 Å². The van der Waals surface area contributed by atoms with Crippen molar-refractivity contribution in [3.8, 4) is 0 Å². The standard InChI is InChI=1S/C15H13FN2O/c1-11-6-8-17-15(10-11)18-9-7-14(19)12-2-4-13(16)5-3-12/h2-10H,1H3,(H,17,18)/b9-7+. The number of halogens is 1. The number of carbonyl (C=O) groups is 1. The highest BCUT2D eigenvalue weighted by Crippen LogP contribution is 2.06. The van der Waals surface area contributed by atoms with E-state index in [0.29, 0.717) is 11.4 Å². The van der Waals surface area contributed by atoms with Gasteiger partial charge in [0.15, 0.2) is 5.78 Å². The normalized spacial score (nSPS) is 10.6. The highest BCUT2D eigenvalue weighted by atomic mass is 19.1. The van der Waals surface area contributed by atoms with Crippen LogP contribution in [0.15, 0.2) is 54.9 Å². The molecule has 1 N–H and O–H groups in total. The Labute approximate surface area is 110 Å². The molecule has 0 aliphatic heterocycles. The zero-order valence-corrected chi connectivity index (χ0v) is 10.4. The lowest BCUT2D eigenvalue weighted by Crippen LogP contribution is -1.97. The van der Waals surface area contributed by atoms with E-state index in [4.69, 9.17) is 0 Å². The molecule has 0 aliphatic carbocycles. The molecule has 0 aliphatic rings. The molecule has 0 atom stereocenters. The summed E-state index contributed by atoms with van der Waals surface area (Å²) < 4.78 is 12.7. The van der Waals surface area contributed by atoms with Gasteiger partial charge in [0.05, 0.1) is 0 Å². The van der Waals surface area contributed by atoms with Gasteiger partial charge in [0.1, 0.15) is 11.6 Å². The van der Waals surface area contributed by atoms with Crippen molar-refractivity contribution in [2.24, 2.45) is 0 Å². The monoisotopic (exact) mass is 256 g/mol. The number of carbonyl (C=O) groups excluding carboxylic acids is 1. The quantitative estimate of drug-likeness (QED) is 0.674. The van der Waals surface area contributed by atoms with E-state index in [0.717, 1.165) is 5.56 Å². The number of anilines is 1. The maximum absolute atomic E-state index is 12.7. The van der Waals surface area contributed by atoms with Crippen molar-refractivity contribution in [1.82, 2.24) is 4.98 Å². The van der Waals surface area contributed by atoms with Crippen LogP contribution in [0, 0.1) is 12.7 Å². The third kappa shape index (κ3) is 3.74. The third-order valence-corrected chi connectivity index (χ3v) is 2.51. The number of pyridine rings is 1. The van der Waals surface area contributed by atoms with Gasteiger partial charge in [-0.2, -0.15) is 0 Å². The number of rotatable bonds is 4. The fourth-order valence-corrected chi connectivity index (χ4v) is 1.53. The van der Waals surface area contributed by atoms with Crippen LogP contribution in [0.1, 0.15) is 15.9 Å². The summed E-state index contributed by atoms with van der Waals surface area (Å²) in [7, 11) is 0. The molecular weight excluding hydrogens is 243 g/mol. The maximum Gasteiger partial charge on any atom is 0.187 e. The summed E-state index contributed by atoms with van der Waals surface area (Å²) in [6.45, 7) is 1.96. The van der Waals surface area contributed by atoms with E-state index in [1.165, 1.54) is 36.5 Å². The first-order valence-corrected chi connectivity index (χ1v) is 5.81. The summed E-state index contributed by atoms with van der Waals surface area (Å²) in [4.78, 5) is 15.8. The highest BCUT2D eigenvalue weighted by molar-refractivity contribution is 6.04. The highest BCUT2D eigenvalue weighted by Gasteiger charge is 2.01. The zero-order valence-electron chi connectivity index (χ0n) is 10.4. The van der Waals surface area contributed by atoms with E-state index in [1.54, 1.807) is 6.20 Å². The van der Waals surface area contributed by atoms with Gasteiger partial charge in [-0.1, -0.05) is 0 Å². The Bertz CT molecular complexity index is 606. The molecule has 2 rings (SSSR count). The summed E-state index contributed by atoms with van der Waals surface area (Å²) in [6.07, 6.45) is 4.60. The number of benzene rings is 1. The van der Waals surface area contributed by atoms with Crippen molar-refractivity contribution in [2.75, 3.05) is 5.32 Å². The van der Waals surface area contributed by atoms with Gasteiger partial charge in [0.2, 0.25) is 0 Å². The van der Waals surface area contributed by atoms with Crippen LogP contribution in [0.2, 0.25) is 0 Å². The van der Waals surface area contributed by atoms with Crippen LogP contribution in [0.4, 0.5) is 10.2 Å². The second-order valence-electron chi connectivity index (χ2n) is 4.07. The van der Waals surface area contributed by atoms with Gasteiger partial charge < -0.3 is 5.32 Å². The number of hydrogen-bond acceptors (Lipinski definition) is 3. The van der Waals surface area contributed by atoms with Crippen molar-refractivity contribution >= 4 is 11.6 Å². The molecule has 1 aromatic carbocycles. The largest absolute Gasteiger partial charge is 0.347 e. The zero-order chi connectivity index (χ0) is 13.7. The molecule has 1 heterocycles. The molecule has 19 heavy (non-hydrogen) atoms. The third-order valence-electron chi connectivity index (χ3n) is 2.51. The van der Waals surface area contributed by atoms with Crippen LogP contribution in [-0.2, 0) is 0 Å². The molecule has 3 nitrogen and oxygen atoms in total. The molecule has 2 aromatic rings. The summed E-state index contributed by atoms with van der Waals surface area (Å²) in [5.41, 5.74) is 1.52. The molecule has 0 radical (unpaired) electrons. The van der Waals surface area contributed by atoms with Crippen LogP contribution in [-0.4, -0.2) is 10.8 Å². The predicted molar refractivity (Wildman–Crippen MR) is 72.5 cm³/mol. The van der Waals surface area contributed by atoms with Crippen LogP contribution in [0.5, 0.6) is 0 Å². The molecule has 0 spiro atoms. The first kappa shape index (κ1) is 13.0. The van der Waals surface area contributed by atoms with E-state index in [1.807, 2.05) is 19.1 Å². The molecule has 0 fully saturated rings. The van der Waals surface area contributed by atoms with Gasteiger partial charge in [0.25, 0.3) is 0 Å². The first-order valence-electron chi connectivity index (χ1n) is 5.81. The smallest absolute Gasteiger partial charge is 0.187 e. The van der Waals surface area contributed by atoms with Gasteiger partial charge in [-0.15, -0.1) is 0 Å². The molecular formula is C15H13FN2O. The number of nitrogens with one attached hydrogen (secondary N) is 1. The summed E-state index contributed by atoms with van der Waals surface area (Å²) in [5, 5.41) is 2.91. The molecule has 0 unspecified atom stereocenters. The second-order valence-corrected chi connectivity index (χ2v) is 4.07. The second kappa shape index (κ2) is 5.91. The van der Waals surface area contributed by atoms with Crippen molar-refractivity contribution < 1.29 is 9.18 Å². The fourth-order valence-electron chi connectivity index (χ4n) is 1.53. The topological polar surface area (TPSA) is 42.0 Å². The number of aromatic nitrogens is 1. The van der Waals surface area contributed by atoms with Gasteiger partial charge in [-0.05, 0) is 48.9 Å². The molecule has 1 aromatic heterocycles. The Morgan fingerprint density at radius 3 is 2.68 bits per heavy atom. The number of ketones is 1. The van der Waals surface area contributed by atoms with Gasteiger partial charge in [0, 0.05) is 24.0 Å².